The van der Waals surface area contributed by atoms with Gasteiger partial charge in [0.1, 0.15) is 12.4 Å². The topological polar surface area (TPSA) is 77.9 Å². The highest BCUT2D eigenvalue weighted by Crippen LogP contribution is 2.30. The molecule has 7 nitrogen and oxygen atoms in total. The number of methoxy groups -OCH3 is 2. The summed E-state index contributed by atoms with van der Waals surface area (Å²) in [6, 6.07) is 7.44. The quantitative estimate of drug-likeness (QED) is 0.772. The van der Waals surface area contributed by atoms with E-state index in [1.807, 2.05) is 30.5 Å². The number of H-pyrrole nitrogens is 1. The second kappa shape index (κ2) is 5.66. The summed E-state index contributed by atoms with van der Waals surface area (Å²) >= 11 is 0. The van der Waals surface area contributed by atoms with Crippen molar-refractivity contribution in [3.05, 3.63) is 42.5 Å². The first kappa shape index (κ1) is 13.2. The molecule has 1 aromatic carbocycles. The molecule has 0 amide bonds. The van der Waals surface area contributed by atoms with Gasteiger partial charge in [-0.15, -0.1) is 0 Å². The van der Waals surface area contributed by atoms with E-state index < -0.39 is 0 Å². The van der Waals surface area contributed by atoms with Crippen LogP contribution in [-0.4, -0.2) is 39.2 Å². The molecule has 0 fully saturated rings. The summed E-state index contributed by atoms with van der Waals surface area (Å²) in [6.07, 6.45) is 3.60. The van der Waals surface area contributed by atoms with Crippen LogP contribution in [0, 0.1) is 0 Å². The number of rotatable bonds is 5. The van der Waals surface area contributed by atoms with Crippen LogP contribution in [0.5, 0.6) is 11.5 Å². The molecule has 0 spiro atoms. The Morgan fingerprint density at radius 3 is 2.76 bits per heavy atom. The van der Waals surface area contributed by atoms with Gasteiger partial charge in [0.15, 0.2) is 17.3 Å². The van der Waals surface area contributed by atoms with Gasteiger partial charge in [0.05, 0.1) is 14.2 Å². The minimum Gasteiger partial charge on any atom is -0.493 e. The standard InChI is InChI=1S/C14H15N5O2/c1-20-11-5-4-10(8-12(11)21-2)14-16-13(17-18-14)9-19-7-3-6-15-19/h3-8H,9H2,1-2H3,(H,16,17,18). The Hall–Kier alpha value is -2.83. The summed E-state index contributed by atoms with van der Waals surface area (Å²) in [7, 11) is 3.20. The normalized spacial score (nSPS) is 10.6. The first-order valence-corrected chi connectivity index (χ1v) is 6.41. The molecule has 0 bridgehead atoms. The van der Waals surface area contributed by atoms with Crippen LogP contribution in [0.1, 0.15) is 5.82 Å². The third-order valence-corrected chi connectivity index (χ3v) is 3.04. The number of nitrogens with one attached hydrogen (secondary N) is 1. The summed E-state index contributed by atoms with van der Waals surface area (Å²) < 4.78 is 12.3. The van der Waals surface area contributed by atoms with E-state index in [9.17, 15) is 0 Å². The highest BCUT2D eigenvalue weighted by Gasteiger charge is 2.10. The molecule has 3 rings (SSSR count). The molecule has 1 N–H and O–H groups in total. The number of ether oxygens (including phenoxy) is 2. The minimum atomic E-state index is 0.549. The molecule has 0 atom stereocenters. The van der Waals surface area contributed by atoms with E-state index >= 15 is 0 Å². The van der Waals surface area contributed by atoms with Crippen molar-refractivity contribution in [2.45, 2.75) is 6.54 Å². The van der Waals surface area contributed by atoms with E-state index in [0.717, 1.165) is 11.4 Å². The Bertz CT molecular complexity index is 721. The summed E-state index contributed by atoms with van der Waals surface area (Å²) in [4.78, 5) is 4.46. The third kappa shape index (κ3) is 2.71. The van der Waals surface area contributed by atoms with E-state index in [2.05, 4.69) is 20.3 Å². The molecule has 3 aromatic rings. The fourth-order valence-electron chi connectivity index (χ4n) is 2.02. The van der Waals surface area contributed by atoms with Crippen molar-refractivity contribution in [3.63, 3.8) is 0 Å². The number of aromatic nitrogens is 5. The van der Waals surface area contributed by atoms with Crippen LogP contribution in [0.25, 0.3) is 11.4 Å². The third-order valence-electron chi connectivity index (χ3n) is 3.04. The van der Waals surface area contributed by atoms with Gasteiger partial charge >= 0.3 is 0 Å². The maximum absolute atomic E-state index is 5.29. The Morgan fingerprint density at radius 2 is 2.05 bits per heavy atom. The molecule has 0 radical (unpaired) electrons. The van der Waals surface area contributed by atoms with Crippen LogP contribution in [0.4, 0.5) is 0 Å². The second-order valence-corrected chi connectivity index (χ2v) is 4.38. The van der Waals surface area contributed by atoms with Crippen LogP contribution >= 0.6 is 0 Å². The lowest BCUT2D eigenvalue weighted by atomic mass is 10.2. The molecular weight excluding hydrogens is 270 g/mol. The molecule has 0 saturated carbocycles. The molecular formula is C14H15N5O2. The molecule has 0 aliphatic heterocycles. The van der Waals surface area contributed by atoms with Crippen LogP contribution in [0.3, 0.4) is 0 Å². The number of hydrogen-bond acceptors (Lipinski definition) is 5. The Morgan fingerprint density at radius 1 is 1.19 bits per heavy atom. The largest absolute Gasteiger partial charge is 0.493 e. The number of aromatic amines is 1. The summed E-state index contributed by atoms with van der Waals surface area (Å²) in [5.74, 6) is 2.67. The van der Waals surface area contributed by atoms with Gasteiger partial charge in [-0.25, -0.2) is 4.98 Å². The predicted octanol–water partition coefficient (Wildman–Crippen LogP) is 1.73. The van der Waals surface area contributed by atoms with Gasteiger partial charge in [0.25, 0.3) is 0 Å². The smallest absolute Gasteiger partial charge is 0.181 e. The lowest BCUT2D eigenvalue weighted by Crippen LogP contribution is -2.01. The molecule has 0 aliphatic rings. The Kier molecular flexibility index (Phi) is 3.55. The van der Waals surface area contributed by atoms with Gasteiger partial charge in [0, 0.05) is 18.0 Å². The molecule has 0 saturated heterocycles. The molecule has 7 heteroatoms. The van der Waals surface area contributed by atoms with Gasteiger partial charge in [-0.3, -0.25) is 9.78 Å². The average Bonchev–Trinajstić information content (AvgIpc) is 3.19. The molecule has 21 heavy (non-hydrogen) atoms. The first-order valence-electron chi connectivity index (χ1n) is 6.41. The van der Waals surface area contributed by atoms with E-state index in [1.54, 1.807) is 25.1 Å². The van der Waals surface area contributed by atoms with Crippen molar-refractivity contribution >= 4 is 0 Å². The van der Waals surface area contributed by atoms with Crippen molar-refractivity contribution in [2.24, 2.45) is 0 Å². The van der Waals surface area contributed by atoms with Gasteiger partial charge < -0.3 is 9.47 Å². The zero-order valence-electron chi connectivity index (χ0n) is 11.8. The molecule has 108 valence electrons. The summed E-state index contributed by atoms with van der Waals surface area (Å²) in [5, 5.41) is 11.3. The highest BCUT2D eigenvalue weighted by atomic mass is 16.5. The van der Waals surface area contributed by atoms with E-state index in [4.69, 9.17) is 9.47 Å². The second-order valence-electron chi connectivity index (χ2n) is 4.38. The Labute approximate surface area is 121 Å². The first-order chi connectivity index (χ1) is 10.3. The average molecular weight is 285 g/mol. The lowest BCUT2D eigenvalue weighted by Gasteiger charge is -2.07. The summed E-state index contributed by atoms with van der Waals surface area (Å²) in [5.41, 5.74) is 0.857. The molecule has 0 aliphatic carbocycles. The lowest BCUT2D eigenvalue weighted by molar-refractivity contribution is 0.355. The molecule has 2 heterocycles. The van der Waals surface area contributed by atoms with Crippen molar-refractivity contribution < 1.29 is 9.47 Å². The predicted molar refractivity (Wildman–Crippen MR) is 76.3 cm³/mol. The van der Waals surface area contributed by atoms with Crippen molar-refractivity contribution in [2.75, 3.05) is 14.2 Å². The van der Waals surface area contributed by atoms with Crippen molar-refractivity contribution in [3.8, 4) is 22.9 Å². The summed E-state index contributed by atoms with van der Waals surface area (Å²) in [6.45, 7) is 0.549. The van der Waals surface area contributed by atoms with Gasteiger partial charge in [-0.2, -0.15) is 10.2 Å². The van der Waals surface area contributed by atoms with E-state index in [-0.39, 0.29) is 0 Å². The monoisotopic (exact) mass is 285 g/mol. The highest BCUT2D eigenvalue weighted by molar-refractivity contribution is 5.60. The fraction of sp³-hybridized carbons (Fsp3) is 0.214. The van der Waals surface area contributed by atoms with Crippen LogP contribution in [0.15, 0.2) is 36.7 Å². The van der Waals surface area contributed by atoms with Gasteiger partial charge in [-0.05, 0) is 24.3 Å². The van der Waals surface area contributed by atoms with Gasteiger partial charge in [-0.1, -0.05) is 0 Å². The van der Waals surface area contributed by atoms with Crippen LogP contribution in [0.2, 0.25) is 0 Å². The van der Waals surface area contributed by atoms with Crippen molar-refractivity contribution in [1.82, 2.24) is 25.0 Å². The van der Waals surface area contributed by atoms with E-state index in [1.165, 1.54) is 0 Å². The fourth-order valence-corrected chi connectivity index (χ4v) is 2.02. The Balaban J connectivity index is 1.85. The molecule has 0 unspecified atom stereocenters. The van der Waals surface area contributed by atoms with Gasteiger partial charge in [0.2, 0.25) is 0 Å². The van der Waals surface area contributed by atoms with Crippen LogP contribution in [-0.2, 0) is 6.54 Å². The zero-order valence-corrected chi connectivity index (χ0v) is 11.8. The molecule has 2 aromatic heterocycles. The maximum Gasteiger partial charge on any atom is 0.181 e. The zero-order chi connectivity index (χ0) is 14.7. The van der Waals surface area contributed by atoms with Crippen LogP contribution < -0.4 is 9.47 Å². The number of nitrogens with zero attached hydrogens (tertiary/aromatic N) is 4. The maximum atomic E-state index is 5.29. The number of benzene rings is 1. The van der Waals surface area contributed by atoms with Crippen molar-refractivity contribution in [1.29, 1.82) is 0 Å². The minimum absolute atomic E-state index is 0.549. The number of hydrogen-bond donors (Lipinski definition) is 1. The SMILES string of the molecule is COc1ccc(-c2n[nH]c(Cn3cccn3)n2)cc1OC. The van der Waals surface area contributed by atoms with E-state index in [0.29, 0.717) is 23.9 Å².